The lowest BCUT2D eigenvalue weighted by molar-refractivity contribution is -0.116. The van der Waals surface area contributed by atoms with Gasteiger partial charge in [0.05, 0.1) is 17.6 Å². The van der Waals surface area contributed by atoms with E-state index in [4.69, 9.17) is 4.74 Å². The summed E-state index contributed by atoms with van der Waals surface area (Å²) in [6, 6.07) is 26.2. The molecule has 1 amide bonds. The van der Waals surface area contributed by atoms with Crippen LogP contribution in [-0.4, -0.2) is 24.0 Å². The lowest BCUT2D eigenvalue weighted by Crippen LogP contribution is -2.15. The number of nitrogens with one attached hydrogen (secondary N) is 1. The van der Waals surface area contributed by atoms with Gasteiger partial charge >= 0.3 is 0 Å². The van der Waals surface area contributed by atoms with Crippen molar-refractivity contribution < 1.29 is 9.53 Å². The van der Waals surface area contributed by atoms with Crippen molar-refractivity contribution in [1.29, 1.82) is 0 Å². The first-order valence-electron chi connectivity index (χ1n) is 9.70. The van der Waals surface area contributed by atoms with E-state index >= 15 is 0 Å². The highest BCUT2D eigenvalue weighted by Gasteiger charge is 2.18. The molecule has 1 fully saturated rings. The number of carbonyl (C=O) groups is 1. The van der Waals surface area contributed by atoms with Crippen LogP contribution in [0.3, 0.4) is 0 Å². The first kappa shape index (κ1) is 19.9. The molecule has 0 atom stereocenters. The minimum absolute atomic E-state index is 0.0360. The maximum atomic E-state index is 12.4. The van der Waals surface area contributed by atoms with E-state index in [2.05, 4.69) is 29.6 Å². The molecule has 1 aliphatic rings. The van der Waals surface area contributed by atoms with Crippen LogP contribution in [-0.2, 0) is 4.79 Å². The molecule has 0 unspecified atom stereocenters. The molecule has 0 spiro atoms. The highest BCUT2D eigenvalue weighted by Crippen LogP contribution is 2.45. The Morgan fingerprint density at radius 1 is 0.931 bits per heavy atom. The first-order chi connectivity index (χ1) is 14.3. The van der Waals surface area contributed by atoms with Crippen molar-refractivity contribution in [1.82, 2.24) is 0 Å². The lowest BCUT2D eigenvalue weighted by atomic mass is 10.1. The van der Waals surface area contributed by atoms with Gasteiger partial charge in [-0.2, -0.15) is 0 Å². The molecule has 29 heavy (non-hydrogen) atoms. The van der Waals surface area contributed by atoms with Gasteiger partial charge in [-0.25, -0.2) is 0 Å². The third-order valence-electron chi connectivity index (χ3n) is 4.62. The third kappa shape index (κ3) is 5.37. The second-order valence-electron chi connectivity index (χ2n) is 6.71. The summed E-state index contributed by atoms with van der Waals surface area (Å²) in [5.74, 6) is 3.14. The summed E-state index contributed by atoms with van der Waals surface area (Å²) in [6.07, 6.45) is 0.306. The summed E-state index contributed by atoms with van der Waals surface area (Å²) < 4.78 is 6.41. The molecule has 0 radical (unpaired) electrons. The van der Waals surface area contributed by atoms with Crippen molar-refractivity contribution >= 4 is 35.1 Å². The Balaban J connectivity index is 1.33. The van der Waals surface area contributed by atoms with E-state index in [9.17, 15) is 4.79 Å². The van der Waals surface area contributed by atoms with Gasteiger partial charge in [0.25, 0.3) is 0 Å². The fraction of sp³-hybridized carbons (Fsp3) is 0.208. The number of rotatable bonds is 7. The second kappa shape index (κ2) is 9.90. The molecule has 3 nitrogen and oxygen atoms in total. The third-order valence-corrected chi connectivity index (χ3v) is 7.73. The summed E-state index contributed by atoms with van der Waals surface area (Å²) in [4.78, 5) is 12.4. The highest BCUT2D eigenvalue weighted by molar-refractivity contribution is 8.19. The van der Waals surface area contributed by atoms with E-state index in [1.54, 1.807) is 0 Å². The molecule has 1 saturated heterocycles. The smallest absolute Gasteiger partial charge is 0.227 e. The van der Waals surface area contributed by atoms with Crippen molar-refractivity contribution in [2.75, 3.05) is 23.4 Å². The lowest BCUT2D eigenvalue weighted by Gasteiger charge is -2.13. The Bertz CT molecular complexity index is 956. The average molecular weight is 422 g/mol. The molecule has 1 aliphatic heterocycles. The number of amides is 1. The van der Waals surface area contributed by atoms with Crippen LogP contribution in [0.4, 0.5) is 5.69 Å². The minimum atomic E-state index is -0.0360. The highest BCUT2D eigenvalue weighted by atomic mass is 32.2. The molecule has 3 aromatic rings. The molecular formula is C24H23NO2S2. The molecule has 3 aromatic carbocycles. The molecule has 1 N–H and O–H groups in total. The van der Waals surface area contributed by atoms with Gasteiger partial charge in [0, 0.05) is 22.8 Å². The zero-order chi connectivity index (χ0) is 19.9. The number of thioether (sulfide) groups is 2. The molecular weight excluding hydrogens is 398 g/mol. The summed E-state index contributed by atoms with van der Waals surface area (Å²) in [6.45, 7) is 0.337. The topological polar surface area (TPSA) is 38.3 Å². The van der Waals surface area contributed by atoms with Crippen LogP contribution in [0.2, 0.25) is 0 Å². The minimum Gasteiger partial charge on any atom is -0.492 e. The largest absolute Gasteiger partial charge is 0.492 e. The molecule has 5 heteroatoms. The Morgan fingerprint density at radius 3 is 2.52 bits per heavy atom. The second-order valence-corrected chi connectivity index (χ2v) is 9.43. The number of carbonyl (C=O) groups excluding carboxylic acids is 1. The van der Waals surface area contributed by atoms with Crippen LogP contribution >= 0.6 is 23.5 Å². The van der Waals surface area contributed by atoms with Crippen molar-refractivity contribution in [3.63, 3.8) is 0 Å². The van der Waals surface area contributed by atoms with Gasteiger partial charge in [0.15, 0.2) is 0 Å². The van der Waals surface area contributed by atoms with Crippen LogP contribution in [0, 0.1) is 0 Å². The van der Waals surface area contributed by atoms with Crippen LogP contribution in [0.25, 0.3) is 11.1 Å². The van der Waals surface area contributed by atoms with Gasteiger partial charge < -0.3 is 10.1 Å². The Hall–Kier alpha value is -2.37. The van der Waals surface area contributed by atoms with Crippen LogP contribution in [0.5, 0.6) is 5.75 Å². The molecule has 0 aromatic heterocycles. The van der Waals surface area contributed by atoms with Crippen molar-refractivity contribution in [2.24, 2.45) is 0 Å². The van der Waals surface area contributed by atoms with Crippen molar-refractivity contribution in [3.05, 3.63) is 84.4 Å². The van der Waals surface area contributed by atoms with Gasteiger partial charge in [-0.15, -0.1) is 23.5 Å². The summed E-state index contributed by atoms with van der Waals surface area (Å²) in [7, 11) is 0. The SMILES string of the molecule is O=C(CCOc1ccccc1-c1ccccc1)Nc1cccc(C2SCCS2)c1. The average Bonchev–Trinajstić information content (AvgIpc) is 3.30. The van der Waals surface area contributed by atoms with Gasteiger partial charge in [0.2, 0.25) is 5.91 Å². The zero-order valence-electron chi connectivity index (χ0n) is 16.0. The van der Waals surface area contributed by atoms with E-state index in [1.165, 1.54) is 17.1 Å². The number of hydrogen-bond donors (Lipinski definition) is 1. The normalized spacial score (nSPS) is 13.9. The summed E-state index contributed by atoms with van der Waals surface area (Å²) in [5, 5.41) is 3.00. The molecule has 148 valence electrons. The molecule has 4 rings (SSSR count). The maximum Gasteiger partial charge on any atom is 0.227 e. The number of para-hydroxylation sites is 1. The predicted molar refractivity (Wildman–Crippen MR) is 125 cm³/mol. The molecule has 1 heterocycles. The fourth-order valence-corrected chi connectivity index (χ4v) is 6.08. The van der Waals surface area contributed by atoms with Gasteiger partial charge in [0.1, 0.15) is 5.75 Å². The quantitative estimate of drug-likeness (QED) is 0.490. The number of anilines is 1. The number of hydrogen-bond acceptors (Lipinski definition) is 4. The standard InChI is InChI=1S/C24H23NO2S2/c26-23(25-20-10-6-9-19(17-20)24-28-15-16-29-24)13-14-27-22-12-5-4-11-21(22)18-7-2-1-3-8-18/h1-12,17,24H,13-16H2,(H,25,26). The maximum absolute atomic E-state index is 12.4. The van der Waals surface area contributed by atoms with E-state index in [1.807, 2.05) is 78.1 Å². The Kier molecular flexibility index (Phi) is 6.80. The Labute approximate surface area is 180 Å². The van der Waals surface area contributed by atoms with E-state index < -0.39 is 0 Å². The van der Waals surface area contributed by atoms with Gasteiger partial charge in [-0.05, 0) is 29.3 Å². The first-order valence-corrected chi connectivity index (χ1v) is 11.8. The number of ether oxygens (including phenoxy) is 1. The fourth-order valence-electron chi connectivity index (χ4n) is 3.24. The monoisotopic (exact) mass is 421 g/mol. The van der Waals surface area contributed by atoms with E-state index in [-0.39, 0.29) is 5.91 Å². The molecule has 0 bridgehead atoms. The zero-order valence-corrected chi connectivity index (χ0v) is 17.7. The van der Waals surface area contributed by atoms with Crippen molar-refractivity contribution in [2.45, 2.75) is 11.0 Å². The van der Waals surface area contributed by atoms with E-state index in [0.29, 0.717) is 17.6 Å². The summed E-state index contributed by atoms with van der Waals surface area (Å²) >= 11 is 3.93. The van der Waals surface area contributed by atoms with Crippen molar-refractivity contribution in [3.8, 4) is 16.9 Å². The van der Waals surface area contributed by atoms with Crippen LogP contribution < -0.4 is 10.1 Å². The van der Waals surface area contributed by atoms with Gasteiger partial charge in [-0.1, -0.05) is 60.7 Å². The Morgan fingerprint density at radius 2 is 1.69 bits per heavy atom. The molecule has 0 saturated carbocycles. The van der Waals surface area contributed by atoms with Crippen LogP contribution in [0.1, 0.15) is 16.6 Å². The van der Waals surface area contributed by atoms with Gasteiger partial charge in [-0.3, -0.25) is 4.79 Å². The van der Waals surface area contributed by atoms with Crippen LogP contribution in [0.15, 0.2) is 78.9 Å². The predicted octanol–water partition coefficient (Wildman–Crippen LogP) is 6.24. The molecule has 0 aliphatic carbocycles. The number of benzene rings is 3. The van der Waals surface area contributed by atoms with E-state index in [0.717, 1.165) is 22.6 Å². The summed E-state index contributed by atoms with van der Waals surface area (Å²) in [5.41, 5.74) is 4.26.